The van der Waals surface area contributed by atoms with Gasteiger partial charge in [-0.25, -0.2) is 4.98 Å². The molecular weight excluding hydrogens is 246 g/mol. The molecule has 1 aliphatic carbocycles. The Morgan fingerprint density at radius 1 is 1.15 bits per heavy atom. The first-order valence-electron chi connectivity index (χ1n) is 7.11. The largest absolute Gasteiger partial charge is 0.341 e. The number of hydrogen-bond donors (Lipinski definition) is 1. The molecule has 0 atom stereocenters. The van der Waals surface area contributed by atoms with Crippen LogP contribution in [0.1, 0.15) is 41.8 Å². The number of nitrogens with one attached hydrogen (secondary N) is 1. The number of aromatic amines is 1. The molecule has 0 aliphatic heterocycles. The number of aryl methyl sites for hydroxylation is 3. The maximum Gasteiger partial charge on any atom is 0.127 e. The maximum absolute atomic E-state index is 9.39. The second-order valence-corrected chi connectivity index (χ2v) is 5.94. The monoisotopic (exact) mass is 265 g/mol. The lowest BCUT2D eigenvalue weighted by Gasteiger charge is -2.32. The molecule has 3 nitrogen and oxygen atoms in total. The molecule has 1 aromatic carbocycles. The Balaban J connectivity index is 2.03. The van der Waals surface area contributed by atoms with E-state index in [1.807, 2.05) is 6.20 Å². The second kappa shape index (κ2) is 4.49. The van der Waals surface area contributed by atoms with Crippen molar-refractivity contribution in [2.75, 3.05) is 0 Å². The van der Waals surface area contributed by atoms with Gasteiger partial charge in [0.05, 0.1) is 18.0 Å². The van der Waals surface area contributed by atoms with Crippen molar-refractivity contribution in [3.63, 3.8) is 0 Å². The summed E-state index contributed by atoms with van der Waals surface area (Å²) in [7, 11) is 0. The number of nitriles is 1. The van der Waals surface area contributed by atoms with Gasteiger partial charge in [0.2, 0.25) is 0 Å². The van der Waals surface area contributed by atoms with E-state index in [1.165, 1.54) is 22.3 Å². The van der Waals surface area contributed by atoms with Crippen molar-refractivity contribution in [2.45, 2.75) is 45.4 Å². The third kappa shape index (κ3) is 1.84. The van der Waals surface area contributed by atoms with Crippen molar-refractivity contribution in [3.8, 4) is 17.3 Å². The van der Waals surface area contributed by atoms with E-state index in [4.69, 9.17) is 0 Å². The molecule has 1 aliphatic rings. The molecule has 0 unspecified atom stereocenters. The summed E-state index contributed by atoms with van der Waals surface area (Å²) in [6.45, 7) is 6.37. The first-order chi connectivity index (χ1) is 9.55. The minimum absolute atomic E-state index is 0.369. The summed E-state index contributed by atoms with van der Waals surface area (Å²) in [5.41, 5.74) is 5.65. The molecule has 20 heavy (non-hydrogen) atoms. The third-order valence-corrected chi connectivity index (χ3v) is 4.58. The van der Waals surface area contributed by atoms with Gasteiger partial charge in [-0.3, -0.25) is 0 Å². The molecule has 3 heteroatoms. The number of nitrogens with zero attached hydrogens (tertiary/aromatic N) is 2. The van der Waals surface area contributed by atoms with Crippen LogP contribution in [0.25, 0.3) is 11.3 Å². The Labute approximate surface area is 119 Å². The molecule has 1 heterocycles. The first-order valence-corrected chi connectivity index (χ1v) is 7.11. The van der Waals surface area contributed by atoms with E-state index in [0.717, 1.165) is 30.8 Å². The lowest BCUT2D eigenvalue weighted by atomic mass is 9.69. The fourth-order valence-corrected chi connectivity index (χ4v) is 2.88. The summed E-state index contributed by atoms with van der Waals surface area (Å²) in [5, 5.41) is 9.39. The van der Waals surface area contributed by atoms with Crippen LogP contribution in [0, 0.1) is 32.1 Å². The van der Waals surface area contributed by atoms with Crippen molar-refractivity contribution in [2.24, 2.45) is 0 Å². The lowest BCUT2D eigenvalue weighted by Crippen LogP contribution is -2.33. The van der Waals surface area contributed by atoms with Crippen LogP contribution in [-0.4, -0.2) is 9.97 Å². The highest BCUT2D eigenvalue weighted by Gasteiger charge is 2.41. The summed E-state index contributed by atoms with van der Waals surface area (Å²) in [6, 6.07) is 6.84. The molecule has 1 saturated carbocycles. The number of imidazole rings is 1. The van der Waals surface area contributed by atoms with Crippen LogP contribution in [0.4, 0.5) is 0 Å². The summed E-state index contributed by atoms with van der Waals surface area (Å²) in [5.74, 6) is 0.832. The number of rotatable bonds is 2. The average Bonchev–Trinajstić information content (AvgIpc) is 2.83. The summed E-state index contributed by atoms with van der Waals surface area (Å²) < 4.78 is 0. The van der Waals surface area contributed by atoms with E-state index in [0.29, 0.717) is 0 Å². The number of hydrogen-bond acceptors (Lipinski definition) is 2. The molecule has 1 aromatic heterocycles. The molecule has 0 bridgehead atoms. The lowest BCUT2D eigenvalue weighted by molar-refractivity contribution is 0.309. The summed E-state index contributed by atoms with van der Waals surface area (Å²) in [4.78, 5) is 7.85. The second-order valence-electron chi connectivity index (χ2n) is 5.94. The number of benzene rings is 1. The fraction of sp³-hybridized carbons (Fsp3) is 0.412. The maximum atomic E-state index is 9.39. The van der Waals surface area contributed by atoms with Gasteiger partial charge in [-0.1, -0.05) is 6.07 Å². The Hall–Kier alpha value is -2.08. The molecule has 2 aromatic rings. The molecule has 0 spiro atoms. The first kappa shape index (κ1) is 12.9. The highest BCUT2D eigenvalue weighted by molar-refractivity contribution is 5.65. The molecule has 0 saturated heterocycles. The minimum atomic E-state index is -0.369. The van der Waals surface area contributed by atoms with Crippen LogP contribution in [-0.2, 0) is 5.41 Å². The smallest absolute Gasteiger partial charge is 0.127 e. The van der Waals surface area contributed by atoms with Crippen LogP contribution < -0.4 is 0 Å². The van der Waals surface area contributed by atoms with Crippen LogP contribution in [0.3, 0.4) is 0 Å². The SMILES string of the molecule is Cc1cc(C)c(-c2cnc(C3(C#N)CCC3)[nH]2)cc1C. The summed E-state index contributed by atoms with van der Waals surface area (Å²) >= 11 is 0. The molecule has 102 valence electrons. The highest BCUT2D eigenvalue weighted by Crippen LogP contribution is 2.42. The highest BCUT2D eigenvalue weighted by atomic mass is 14.9. The zero-order chi connectivity index (χ0) is 14.3. The molecule has 0 amide bonds. The van der Waals surface area contributed by atoms with Gasteiger partial charge in [-0.05, 0) is 62.8 Å². The predicted octanol–water partition coefficient (Wildman–Crippen LogP) is 3.95. The number of aromatic nitrogens is 2. The van der Waals surface area contributed by atoms with E-state index >= 15 is 0 Å². The van der Waals surface area contributed by atoms with Gasteiger partial charge in [0.25, 0.3) is 0 Å². The van der Waals surface area contributed by atoms with E-state index < -0.39 is 0 Å². The van der Waals surface area contributed by atoms with E-state index in [9.17, 15) is 5.26 Å². The topological polar surface area (TPSA) is 52.5 Å². The van der Waals surface area contributed by atoms with Crippen molar-refractivity contribution < 1.29 is 0 Å². The van der Waals surface area contributed by atoms with Crippen LogP contribution >= 0.6 is 0 Å². The molecule has 3 rings (SSSR count). The zero-order valence-corrected chi connectivity index (χ0v) is 12.2. The van der Waals surface area contributed by atoms with Gasteiger partial charge in [0, 0.05) is 5.56 Å². The normalized spacial score (nSPS) is 16.5. The van der Waals surface area contributed by atoms with Gasteiger partial charge >= 0.3 is 0 Å². The predicted molar refractivity (Wildman–Crippen MR) is 79.4 cm³/mol. The van der Waals surface area contributed by atoms with Gasteiger partial charge < -0.3 is 4.98 Å². The quantitative estimate of drug-likeness (QED) is 0.894. The van der Waals surface area contributed by atoms with Crippen molar-refractivity contribution in [3.05, 3.63) is 40.8 Å². The molecular formula is C17H19N3. The van der Waals surface area contributed by atoms with Gasteiger partial charge in [-0.15, -0.1) is 0 Å². The van der Waals surface area contributed by atoms with E-state index in [-0.39, 0.29) is 5.41 Å². The fourth-order valence-electron chi connectivity index (χ4n) is 2.88. The van der Waals surface area contributed by atoms with Crippen LogP contribution in [0.5, 0.6) is 0 Å². The van der Waals surface area contributed by atoms with Crippen LogP contribution in [0.2, 0.25) is 0 Å². The molecule has 1 fully saturated rings. The molecule has 1 N–H and O–H groups in total. The van der Waals surface area contributed by atoms with Crippen molar-refractivity contribution >= 4 is 0 Å². The van der Waals surface area contributed by atoms with E-state index in [1.54, 1.807) is 0 Å². The standard InChI is InChI=1S/C17H19N3/c1-11-7-13(3)14(8-12(11)2)15-9-19-16(20-15)17(10-18)5-4-6-17/h7-9H,4-6H2,1-3H3,(H,19,20). The summed E-state index contributed by atoms with van der Waals surface area (Å²) in [6.07, 6.45) is 4.82. The van der Waals surface area contributed by atoms with E-state index in [2.05, 4.69) is 48.9 Å². The zero-order valence-electron chi connectivity index (χ0n) is 12.2. The Kier molecular flexibility index (Phi) is 2.90. The average molecular weight is 265 g/mol. The number of H-pyrrole nitrogens is 1. The van der Waals surface area contributed by atoms with Gasteiger partial charge in [0.15, 0.2) is 0 Å². The van der Waals surface area contributed by atoms with Gasteiger partial charge in [0.1, 0.15) is 11.2 Å². The molecule has 0 radical (unpaired) electrons. The minimum Gasteiger partial charge on any atom is -0.341 e. The Morgan fingerprint density at radius 2 is 1.85 bits per heavy atom. The van der Waals surface area contributed by atoms with Crippen molar-refractivity contribution in [1.82, 2.24) is 9.97 Å². The van der Waals surface area contributed by atoms with Crippen molar-refractivity contribution in [1.29, 1.82) is 5.26 Å². The Morgan fingerprint density at radius 3 is 2.45 bits per heavy atom. The third-order valence-electron chi connectivity index (χ3n) is 4.58. The Bertz CT molecular complexity index is 700. The van der Waals surface area contributed by atoms with Gasteiger partial charge in [-0.2, -0.15) is 5.26 Å². The van der Waals surface area contributed by atoms with Crippen LogP contribution in [0.15, 0.2) is 18.3 Å².